The maximum atomic E-state index is 11.3. The Kier molecular flexibility index (Phi) is 9.45. The fourth-order valence-electron chi connectivity index (χ4n) is 0.888. The summed E-state index contributed by atoms with van der Waals surface area (Å²) in [6.07, 6.45) is -0.713. The minimum Gasteiger partial charge on any atom is -0.480 e. The highest BCUT2D eigenvalue weighted by Gasteiger charge is 2.18. The zero-order valence-corrected chi connectivity index (χ0v) is 12.4. The number of nitrogens with zero attached hydrogens (tertiary/aromatic N) is 1. The van der Waals surface area contributed by atoms with E-state index in [-0.39, 0.29) is 6.54 Å². The second-order valence-electron chi connectivity index (χ2n) is 4.50. The number of amides is 2. The number of nitrogens with one attached hydrogen (secondary N) is 1. The molecule has 2 N–H and O–H groups in total. The molecule has 0 atom stereocenters. The third kappa shape index (κ3) is 12.5. The highest BCUT2D eigenvalue weighted by atomic mass is 16.6. The van der Waals surface area contributed by atoms with Crippen molar-refractivity contribution < 1.29 is 24.2 Å². The molecule has 0 aromatic rings. The summed E-state index contributed by atoms with van der Waals surface area (Å²) in [5, 5.41) is 10.7. The fraction of sp³-hybridized carbons (Fsp3) is 0.750. The van der Waals surface area contributed by atoms with Gasteiger partial charge in [-0.15, -0.1) is 0 Å². The third-order valence-electron chi connectivity index (χ3n) is 1.58. The molecule has 0 aliphatic carbocycles. The van der Waals surface area contributed by atoms with E-state index in [4.69, 9.17) is 9.84 Å². The van der Waals surface area contributed by atoms with Crippen molar-refractivity contribution in [3.63, 3.8) is 0 Å². The first kappa shape index (κ1) is 19.5. The van der Waals surface area contributed by atoms with Crippen molar-refractivity contribution in [3.05, 3.63) is 0 Å². The maximum Gasteiger partial charge on any atom is 0.408 e. The summed E-state index contributed by atoms with van der Waals surface area (Å²) in [5.41, 5.74) is -0.639. The van der Waals surface area contributed by atoms with Gasteiger partial charge in [0.2, 0.25) is 5.91 Å². The van der Waals surface area contributed by atoms with E-state index in [0.29, 0.717) is 0 Å². The highest BCUT2D eigenvalue weighted by Crippen LogP contribution is 2.06. The van der Waals surface area contributed by atoms with Crippen LogP contribution in [0.4, 0.5) is 4.79 Å². The van der Waals surface area contributed by atoms with E-state index in [1.807, 2.05) is 13.8 Å². The first-order valence-electron chi connectivity index (χ1n) is 6.04. The topological polar surface area (TPSA) is 95.9 Å². The van der Waals surface area contributed by atoms with Crippen molar-refractivity contribution in [2.24, 2.45) is 0 Å². The number of likely N-dealkylation sites (N-methyl/N-ethyl adjacent to an activating group) is 1. The van der Waals surface area contributed by atoms with Gasteiger partial charge in [0.15, 0.2) is 0 Å². The van der Waals surface area contributed by atoms with Crippen LogP contribution in [0.2, 0.25) is 0 Å². The number of carbonyl (C=O) groups is 3. The zero-order chi connectivity index (χ0) is 15.6. The Balaban J connectivity index is 0. The number of ether oxygens (including phenoxy) is 1. The van der Waals surface area contributed by atoms with Crippen LogP contribution in [0.25, 0.3) is 0 Å². The van der Waals surface area contributed by atoms with E-state index < -0.39 is 30.1 Å². The Morgan fingerprint density at radius 2 is 1.68 bits per heavy atom. The highest BCUT2D eigenvalue weighted by molar-refractivity contribution is 5.84. The molecule has 19 heavy (non-hydrogen) atoms. The summed E-state index contributed by atoms with van der Waals surface area (Å²) in [6.45, 7) is 8.40. The molecule has 2 amide bonds. The van der Waals surface area contributed by atoms with Crippen molar-refractivity contribution in [1.82, 2.24) is 10.2 Å². The molecular formula is C12H24N2O5. The SMILES string of the molecule is CC.CN(CC(=O)O)C(=O)CNC(=O)OC(C)(C)C. The summed E-state index contributed by atoms with van der Waals surface area (Å²) in [4.78, 5) is 33.9. The molecule has 0 aliphatic heterocycles. The molecule has 0 aromatic heterocycles. The number of alkyl carbamates (subject to hydrolysis) is 1. The minimum absolute atomic E-state index is 0.293. The van der Waals surface area contributed by atoms with Crippen LogP contribution in [-0.4, -0.2) is 53.7 Å². The largest absolute Gasteiger partial charge is 0.480 e. The first-order chi connectivity index (χ1) is 8.61. The number of hydrogen-bond acceptors (Lipinski definition) is 4. The Morgan fingerprint density at radius 1 is 1.21 bits per heavy atom. The van der Waals surface area contributed by atoms with Gasteiger partial charge in [0, 0.05) is 7.05 Å². The fourth-order valence-corrected chi connectivity index (χ4v) is 0.888. The van der Waals surface area contributed by atoms with E-state index in [2.05, 4.69) is 5.32 Å². The standard InChI is InChI=1S/C10H18N2O5.C2H6/c1-10(2,3)17-9(16)11-5-7(13)12(4)6-8(14)15;1-2/h5-6H2,1-4H3,(H,11,16)(H,14,15);1-2H3. The van der Waals surface area contributed by atoms with Crippen molar-refractivity contribution in [2.45, 2.75) is 40.2 Å². The van der Waals surface area contributed by atoms with Gasteiger partial charge in [-0.05, 0) is 20.8 Å². The van der Waals surface area contributed by atoms with Crippen LogP contribution in [0, 0.1) is 0 Å². The summed E-state index contributed by atoms with van der Waals surface area (Å²) < 4.78 is 4.91. The molecule has 0 spiro atoms. The lowest BCUT2D eigenvalue weighted by Gasteiger charge is -2.20. The average Bonchev–Trinajstić information content (AvgIpc) is 2.25. The first-order valence-corrected chi connectivity index (χ1v) is 6.04. The lowest BCUT2D eigenvalue weighted by molar-refractivity contribution is -0.143. The third-order valence-corrected chi connectivity index (χ3v) is 1.58. The molecule has 0 aliphatic rings. The molecule has 0 saturated heterocycles. The van der Waals surface area contributed by atoms with Gasteiger partial charge in [0.1, 0.15) is 18.7 Å². The lowest BCUT2D eigenvalue weighted by Crippen LogP contribution is -2.41. The molecule has 0 saturated carbocycles. The van der Waals surface area contributed by atoms with Crippen LogP contribution in [0.15, 0.2) is 0 Å². The Bertz CT molecular complexity index is 310. The van der Waals surface area contributed by atoms with Crippen LogP contribution >= 0.6 is 0 Å². The minimum atomic E-state index is -1.11. The summed E-state index contributed by atoms with van der Waals surface area (Å²) in [7, 11) is 1.34. The molecular weight excluding hydrogens is 252 g/mol. The molecule has 0 fully saturated rings. The second kappa shape index (κ2) is 9.18. The van der Waals surface area contributed by atoms with Crippen LogP contribution in [0.5, 0.6) is 0 Å². The molecule has 0 radical (unpaired) electrons. The predicted molar refractivity (Wildman–Crippen MR) is 70.9 cm³/mol. The van der Waals surface area contributed by atoms with Gasteiger partial charge in [-0.2, -0.15) is 0 Å². The summed E-state index contributed by atoms with van der Waals surface area (Å²) >= 11 is 0. The van der Waals surface area contributed by atoms with Gasteiger partial charge in [0.25, 0.3) is 0 Å². The number of carboxylic acid groups (broad SMARTS) is 1. The average molecular weight is 276 g/mol. The van der Waals surface area contributed by atoms with Gasteiger partial charge < -0.3 is 20.1 Å². The van der Waals surface area contributed by atoms with Crippen LogP contribution < -0.4 is 5.32 Å². The Hall–Kier alpha value is -1.79. The van der Waals surface area contributed by atoms with Crippen molar-refractivity contribution in [1.29, 1.82) is 0 Å². The Morgan fingerprint density at radius 3 is 2.05 bits per heavy atom. The maximum absolute atomic E-state index is 11.3. The van der Waals surface area contributed by atoms with E-state index in [9.17, 15) is 14.4 Å². The van der Waals surface area contributed by atoms with Crippen LogP contribution in [0.1, 0.15) is 34.6 Å². The number of hydrogen-bond donors (Lipinski definition) is 2. The summed E-state index contributed by atoms with van der Waals surface area (Å²) in [6, 6.07) is 0. The van der Waals surface area contributed by atoms with E-state index in [1.54, 1.807) is 20.8 Å². The summed E-state index contributed by atoms with van der Waals surface area (Å²) in [5.74, 6) is -1.61. The number of carbonyl (C=O) groups excluding carboxylic acids is 2. The normalized spacial score (nSPS) is 9.79. The van der Waals surface area contributed by atoms with E-state index >= 15 is 0 Å². The molecule has 7 heteroatoms. The molecule has 0 aromatic carbocycles. The van der Waals surface area contributed by atoms with Crippen molar-refractivity contribution >= 4 is 18.0 Å². The second-order valence-corrected chi connectivity index (χ2v) is 4.50. The predicted octanol–water partition coefficient (Wildman–Crippen LogP) is 1.08. The van der Waals surface area contributed by atoms with Gasteiger partial charge in [-0.3, -0.25) is 9.59 Å². The molecule has 0 bridgehead atoms. The van der Waals surface area contributed by atoms with Gasteiger partial charge >= 0.3 is 12.1 Å². The molecule has 0 rings (SSSR count). The van der Waals surface area contributed by atoms with Crippen molar-refractivity contribution in [2.75, 3.05) is 20.1 Å². The Labute approximate surface area is 113 Å². The number of aliphatic carboxylic acids is 1. The van der Waals surface area contributed by atoms with Crippen LogP contribution in [0.3, 0.4) is 0 Å². The number of carboxylic acids is 1. The molecule has 0 heterocycles. The van der Waals surface area contributed by atoms with E-state index in [0.717, 1.165) is 4.90 Å². The van der Waals surface area contributed by atoms with Gasteiger partial charge in [-0.1, -0.05) is 13.8 Å². The van der Waals surface area contributed by atoms with Gasteiger partial charge in [0.05, 0.1) is 0 Å². The van der Waals surface area contributed by atoms with E-state index in [1.165, 1.54) is 7.05 Å². The molecule has 7 nitrogen and oxygen atoms in total. The lowest BCUT2D eigenvalue weighted by atomic mass is 10.2. The smallest absolute Gasteiger partial charge is 0.408 e. The van der Waals surface area contributed by atoms with Crippen LogP contribution in [-0.2, 0) is 14.3 Å². The monoisotopic (exact) mass is 276 g/mol. The molecule has 112 valence electrons. The zero-order valence-electron chi connectivity index (χ0n) is 12.4. The molecule has 0 unspecified atom stereocenters. The van der Waals surface area contributed by atoms with Crippen molar-refractivity contribution in [3.8, 4) is 0 Å². The number of rotatable bonds is 4. The van der Waals surface area contributed by atoms with Gasteiger partial charge in [-0.25, -0.2) is 4.79 Å². The quantitative estimate of drug-likeness (QED) is 0.801.